The van der Waals surface area contributed by atoms with E-state index in [0.717, 1.165) is 28.5 Å². The van der Waals surface area contributed by atoms with Gasteiger partial charge in [0.1, 0.15) is 19.5 Å². The molecule has 1 fully saturated rings. The van der Waals surface area contributed by atoms with Crippen LogP contribution >= 0.6 is 11.6 Å². The summed E-state index contributed by atoms with van der Waals surface area (Å²) >= 11 is 5.90. The first-order valence-corrected chi connectivity index (χ1v) is 8.24. The molecule has 1 aliphatic carbocycles. The van der Waals surface area contributed by atoms with E-state index in [2.05, 4.69) is 30.8 Å². The van der Waals surface area contributed by atoms with E-state index in [1.807, 2.05) is 38.2 Å². The van der Waals surface area contributed by atoms with Crippen LogP contribution in [0.2, 0.25) is 5.02 Å². The summed E-state index contributed by atoms with van der Waals surface area (Å²) in [6.07, 6.45) is 4.24. The maximum atomic E-state index is 5.90. The third-order valence-corrected chi connectivity index (χ3v) is 4.17. The molecule has 0 aliphatic heterocycles. The normalized spacial score (nSPS) is 13.7. The maximum Gasteiger partial charge on any atom is 0.229 e. The van der Waals surface area contributed by atoms with Crippen molar-refractivity contribution >= 4 is 48.2 Å². The van der Waals surface area contributed by atoms with Crippen LogP contribution < -0.4 is 16.1 Å². The van der Waals surface area contributed by atoms with Crippen molar-refractivity contribution in [1.29, 1.82) is 0 Å². The molecule has 1 aliphatic rings. The second kappa shape index (κ2) is 6.16. The molecular formula is C16H16BClN6. The summed E-state index contributed by atoms with van der Waals surface area (Å²) in [5.74, 6) is 2.72. The Kier molecular flexibility index (Phi) is 3.86. The summed E-state index contributed by atoms with van der Waals surface area (Å²) in [6.45, 7) is 0. The number of anilines is 4. The van der Waals surface area contributed by atoms with Crippen molar-refractivity contribution in [3.63, 3.8) is 0 Å². The van der Waals surface area contributed by atoms with Crippen LogP contribution in [-0.2, 0) is 0 Å². The first kappa shape index (κ1) is 15.0. The van der Waals surface area contributed by atoms with Gasteiger partial charge in [-0.1, -0.05) is 11.6 Å². The average Bonchev–Trinajstić information content (AvgIpc) is 3.33. The Morgan fingerprint density at radius 1 is 1.17 bits per heavy atom. The van der Waals surface area contributed by atoms with Crippen LogP contribution in [-0.4, -0.2) is 28.0 Å². The number of halogens is 1. The number of aromatic nitrogens is 4. The van der Waals surface area contributed by atoms with Gasteiger partial charge < -0.3 is 10.6 Å². The molecule has 24 heavy (non-hydrogen) atoms. The molecule has 0 spiro atoms. The van der Waals surface area contributed by atoms with Crippen molar-refractivity contribution in [2.24, 2.45) is 0 Å². The van der Waals surface area contributed by atoms with Crippen LogP contribution in [0.4, 0.5) is 23.3 Å². The molecule has 0 amide bonds. The van der Waals surface area contributed by atoms with Crippen molar-refractivity contribution in [2.45, 2.75) is 18.8 Å². The van der Waals surface area contributed by atoms with E-state index >= 15 is 0 Å². The predicted molar refractivity (Wildman–Crippen MR) is 98.8 cm³/mol. The Bertz CT molecular complexity index is 859. The quantitative estimate of drug-likeness (QED) is 0.623. The van der Waals surface area contributed by atoms with Gasteiger partial charge in [0.15, 0.2) is 0 Å². The van der Waals surface area contributed by atoms with E-state index in [0.29, 0.717) is 16.9 Å². The Balaban J connectivity index is 1.52. The summed E-state index contributed by atoms with van der Waals surface area (Å²) in [5.41, 5.74) is 2.95. The van der Waals surface area contributed by atoms with E-state index < -0.39 is 0 Å². The van der Waals surface area contributed by atoms with Gasteiger partial charge in [0.2, 0.25) is 5.95 Å². The van der Waals surface area contributed by atoms with Crippen molar-refractivity contribution in [2.75, 3.05) is 10.6 Å². The molecule has 3 N–H and O–H groups in total. The molecule has 4 rings (SSSR count). The molecular weight excluding hydrogens is 322 g/mol. The molecule has 2 aromatic heterocycles. The van der Waals surface area contributed by atoms with Crippen molar-refractivity contribution < 1.29 is 0 Å². The summed E-state index contributed by atoms with van der Waals surface area (Å²) in [7, 11) is 1.96. The number of benzene rings is 1. The number of hydrogen-bond donors (Lipinski definition) is 3. The second-order valence-electron chi connectivity index (χ2n) is 5.96. The third kappa shape index (κ3) is 3.36. The second-order valence-corrected chi connectivity index (χ2v) is 6.40. The SMILES string of the molecule is Bc1cnc(Nc2ccc(Cl)cc2)nc1Nc1cc(C2CC2)n[nH]1. The van der Waals surface area contributed by atoms with Gasteiger partial charge in [-0.05, 0) is 42.6 Å². The average molecular weight is 339 g/mol. The number of nitrogens with one attached hydrogen (secondary N) is 3. The fourth-order valence-corrected chi connectivity index (χ4v) is 2.53. The smallest absolute Gasteiger partial charge is 0.229 e. The fourth-order valence-electron chi connectivity index (χ4n) is 2.41. The minimum absolute atomic E-state index is 0.521. The Morgan fingerprint density at radius 3 is 2.71 bits per heavy atom. The topological polar surface area (TPSA) is 78.5 Å². The molecule has 120 valence electrons. The van der Waals surface area contributed by atoms with Crippen LogP contribution in [0.5, 0.6) is 0 Å². The minimum atomic E-state index is 0.521. The van der Waals surface area contributed by atoms with Gasteiger partial charge in [-0.15, -0.1) is 0 Å². The molecule has 6 nitrogen and oxygen atoms in total. The Morgan fingerprint density at radius 2 is 1.96 bits per heavy atom. The number of rotatable bonds is 5. The number of nitrogens with zero attached hydrogens (tertiary/aromatic N) is 3. The van der Waals surface area contributed by atoms with Crippen molar-refractivity contribution in [3.05, 3.63) is 47.2 Å². The van der Waals surface area contributed by atoms with Crippen molar-refractivity contribution in [3.8, 4) is 0 Å². The maximum absolute atomic E-state index is 5.90. The van der Waals surface area contributed by atoms with Crippen LogP contribution in [0.25, 0.3) is 0 Å². The fraction of sp³-hybridized carbons (Fsp3) is 0.188. The zero-order valence-electron chi connectivity index (χ0n) is 13.2. The van der Waals surface area contributed by atoms with Crippen LogP contribution in [0.3, 0.4) is 0 Å². The highest BCUT2D eigenvalue weighted by molar-refractivity contribution is 6.35. The molecule has 3 aromatic rings. The third-order valence-electron chi connectivity index (χ3n) is 3.92. The Labute approximate surface area is 145 Å². The number of hydrogen-bond acceptors (Lipinski definition) is 5. The molecule has 0 bridgehead atoms. The van der Waals surface area contributed by atoms with Gasteiger partial charge >= 0.3 is 0 Å². The van der Waals surface area contributed by atoms with Gasteiger partial charge in [-0.2, -0.15) is 10.1 Å². The zero-order chi connectivity index (χ0) is 16.5. The molecule has 2 heterocycles. The predicted octanol–water partition coefficient (Wildman–Crippen LogP) is 2.48. The Hall–Kier alpha value is -2.54. The first-order chi connectivity index (χ1) is 11.7. The minimum Gasteiger partial charge on any atom is -0.326 e. The van der Waals surface area contributed by atoms with E-state index in [1.165, 1.54) is 12.8 Å². The van der Waals surface area contributed by atoms with Gasteiger partial charge in [0, 0.05) is 28.9 Å². The van der Waals surface area contributed by atoms with Crippen LogP contribution in [0.15, 0.2) is 36.5 Å². The molecule has 1 aromatic carbocycles. The molecule has 8 heteroatoms. The van der Waals surface area contributed by atoms with Gasteiger partial charge in [0.05, 0.1) is 5.69 Å². The monoisotopic (exact) mass is 338 g/mol. The van der Waals surface area contributed by atoms with Gasteiger partial charge in [-0.25, -0.2) is 4.98 Å². The molecule has 0 radical (unpaired) electrons. The summed E-state index contributed by atoms with van der Waals surface area (Å²) in [6, 6.07) is 9.46. The van der Waals surface area contributed by atoms with E-state index in [9.17, 15) is 0 Å². The van der Waals surface area contributed by atoms with E-state index in [1.54, 1.807) is 6.20 Å². The largest absolute Gasteiger partial charge is 0.326 e. The highest BCUT2D eigenvalue weighted by Crippen LogP contribution is 2.39. The highest BCUT2D eigenvalue weighted by atomic mass is 35.5. The number of aromatic amines is 1. The summed E-state index contributed by atoms with van der Waals surface area (Å²) < 4.78 is 0. The molecule has 0 saturated heterocycles. The van der Waals surface area contributed by atoms with E-state index in [-0.39, 0.29) is 0 Å². The van der Waals surface area contributed by atoms with Crippen molar-refractivity contribution in [1.82, 2.24) is 20.2 Å². The van der Waals surface area contributed by atoms with Crippen LogP contribution in [0, 0.1) is 0 Å². The van der Waals surface area contributed by atoms with E-state index in [4.69, 9.17) is 11.6 Å². The van der Waals surface area contributed by atoms with Crippen LogP contribution in [0.1, 0.15) is 24.5 Å². The van der Waals surface area contributed by atoms with Gasteiger partial charge in [0.25, 0.3) is 0 Å². The molecule has 0 unspecified atom stereocenters. The lowest BCUT2D eigenvalue weighted by molar-refractivity contribution is 0.966. The number of H-pyrrole nitrogens is 1. The lowest BCUT2D eigenvalue weighted by Gasteiger charge is -2.10. The lowest BCUT2D eigenvalue weighted by Crippen LogP contribution is -2.14. The summed E-state index contributed by atoms with van der Waals surface area (Å²) in [4.78, 5) is 8.86. The standard InChI is InChI=1S/C16H16BClN6/c17-12-8-19-16(20-11-5-3-10(18)4-6-11)22-15(12)21-14-7-13(23-24-14)9-1-2-9/h3-9H,1-2,17H2,(H3,19,20,21,22,23,24). The molecule has 1 saturated carbocycles. The molecule has 0 atom stereocenters. The zero-order valence-corrected chi connectivity index (χ0v) is 13.9. The summed E-state index contributed by atoms with van der Waals surface area (Å²) in [5, 5.41) is 14.5. The highest BCUT2D eigenvalue weighted by Gasteiger charge is 2.26. The van der Waals surface area contributed by atoms with Gasteiger partial charge in [-0.3, -0.25) is 5.10 Å². The lowest BCUT2D eigenvalue weighted by atomic mass is 9.99. The first-order valence-electron chi connectivity index (χ1n) is 7.86.